The third kappa shape index (κ3) is 2.02. The Labute approximate surface area is 111 Å². The molecule has 0 aliphatic carbocycles. The lowest BCUT2D eigenvalue weighted by Gasteiger charge is -2.03. The molecule has 8 heteroatoms. The Hall–Kier alpha value is -2.12. The second kappa shape index (κ2) is 4.52. The maximum Gasteiger partial charge on any atom is 0.227 e. The summed E-state index contributed by atoms with van der Waals surface area (Å²) in [6.45, 7) is -0.225. The fourth-order valence-corrected chi connectivity index (χ4v) is 1.87. The van der Waals surface area contributed by atoms with Gasteiger partial charge in [-0.25, -0.2) is 9.37 Å². The maximum absolute atomic E-state index is 13.1. The van der Waals surface area contributed by atoms with Gasteiger partial charge < -0.3 is 5.11 Å². The fraction of sp³-hybridized carbons (Fsp3) is 0.0909. The zero-order valence-electron chi connectivity index (χ0n) is 9.46. The van der Waals surface area contributed by atoms with Gasteiger partial charge >= 0.3 is 0 Å². The van der Waals surface area contributed by atoms with E-state index in [4.69, 9.17) is 11.6 Å². The van der Waals surface area contributed by atoms with Gasteiger partial charge in [0.25, 0.3) is 0 Å². The van der Waals surface area contributed by atoms with E-state index in [0.717, 1.165) is 6.20 Å². The molecule has 0 aliphatic heterocycles. The highest BCUT2D eigenvalue weighted by atomic mass is 35.5. The molecule has 0 spiro atoms. The lowest BCUT2D eigenvalue weighted by atomic mass is 10.2. The Morgan fingerprint density at radius 3 is 2.84 bits per heavy atom. The molecule has 0 fully saturated rings. The van der Waals surface area contributed by atoms with Crippen LogP contribution in [0.3, 0.4) is 0 Å². The van der Waals surface area contributed by atoms with Crippen molar-refractivity contribution in [3.63, 3.8) is 0 Å². The first-order chi connectivity index (χ1) is 9.19. The van der Waals surface area contributed by atoms with E-state index in [1.54, 1.807) is 0 Å². The molecule has 3 rings (SSSR count). The van der Waals surface area contributed by atoms with Crippen molar-refractivity contribution < 1.29 is 9.50 Å². The van der Waals surface area contributed by atoms with Crippen LogP contribution in [0.25, 0.3) is 17.0 Å². The van der Waals surface area contributed by atoms with Crippen LogP contribution >= 0.6 is 11.6 Å². The molecule has 6 nitrogen and oxygen atoms in total. The van der Waals surface area contributed by atoms with Gasteiger partial charge in [0.1, 0.15) is 5.82 Å². The minimum absolute atomic E-state index is 0.0731. The minimum atomic E-state index is -0.493. The summed E-state index contributed by atoms with van der Waals surface area (Å²) < 4.78 is 14.4. The number of aromatic nitrogens is 5. The molecule has 19 heavy (non-hydrogen) atoms. The Bertz CT molecular complexity index is 760. The van der Waals surface area contributed by atoms with Crippen LogP contribution in [0.15, 0.2) is 24.7 Å². The van der Waals surface area contributed by atoms with Crippen molar-refractivity contribution in [2.24, 2.45) is 0 Å². The molecule has 96 valence electrons. The van der Waals surface area contributed by atoms with Gasteiger partial charge in [0.15, 0.2) is 11.5 Å². The number of nitrogens with zero attached hydrogens (tertiary/aromatic N) is 5. The largest absolute Gasteiger partial charge is 0.391 e. The van der Waals surface area contributed by atoms with Crippen LogP contribution in [-0.4, -0.2) is 29.7 Å². The normalized spacial score (nSPS) is 11.1. The number of fused-ring (bicyclic) bond motifs is 1. The first-order valence-electron chi connectivity index (χ1n) is 5.31. The van der Waals surface area contributed by atoms with Gasteiger partial charge in [-0.3, -0.25) is 4.98 Å². The van der Waals surface area contributed by atoms with Gasteiger partial charge in [-0.15, -0.1) is 0 Å². The fourth-order valence-electron chi connectivity index (χ4n) is 1.66. The number of rotatable bonds is 2. The molecule has 0 aliphatic rings. The van der Waals surface area contributed by atoms with E-state index in [9.17, 15) is 9.50 Å². The summed E-state index contributed by atoms with van der Waals surface area (Å²) in [5, 5.41) is 13.2. The summed E-state index contributed by atoms with van der Waals surface area (Å²) >= 11 is 5.98. The predicted molar refractivity (Wildman–Crippen MR) is 64.9 cm³/mol. The molecule has 0 bridgehead atoms. The summed E-state index contributed by atoms with van der Waals surface area (Å²) in [5.74, 6) is -0.271. The van der Waals surface area contributed by atoms with Gasteiger partial charge in [0.05, 0.1) is 19.0 Å². The zero-order valence-corrected chi connectivity index (χ0v) is 10.2. The zero-order chi connectivity index (χ0) is 13.4. The highest BCUT2D eigenvalue weighted by Crippen LogP contribution is 2.20. The molecule has 0 saturated carbocycles. The van der Waals surface area contributed by atoms with Crippen LogP contribution in [0.4, 0.5) is 4.39 Å². The molecule has 3 aromatic heterocycles. The van der Waals surface area contributed by atoms with E-state index in [-0.39, 0.29) is 17.7 Å². The summed E-state index contributed by atoms with van der Waals surface area (Å²) in [7, 11) is 0. The standard InChI is InChI=1S/C11H7ClFN5O/c12-11-17-9(6-1-8(13)4-14-2-6)16-10-7(5-19)3-15-18(10)11/h1-4,19H,5H2. The molecule has 0 amide bonds. The summed E-state index contributed by atoms with van der Waals surface area (Å²) in [6, 6.07) is 1.25. The SMILES string of the molecule is OCc1cnn2c(Cl)nc(-c3cncc(F)c3)nc12. The highest BCUT2D eigenvalue weighted by Gasteiger charge is 2.12. The number of aliphatic hydroxyl groups excluding tert-OH is 1. The number of aliphatic hydroxyl groups is 1. The molecule has 0 radical (unpaired) electrons. The van der Waals surface area contributed by atoms with E-state index in [2.05, 4.69) is 20.1 Å². The van der Waals surface area contributed by atoms with Crippen LogP contribution in [0.1, 0.15) is 5.56 Å². The quantitative estimate of drug-likeness (QED) is 0.769. The average Bonchev–Trinajstić information content (AvgIpc) is 2.82. The third-order valence-corrected chi connectivity index (χ3v) is 2.78. The minimum Gasteiger partial charge on any atom is -0.391 e. The van der Waals surface area contributed by atoms with Gasteiger partial charge in [0.2, 0.25) is 5.28 Å². The van der Waals surface area contributed by atoms with Gasteiger partial charge in [-0.1, -0.05) is 0 Å². The van der Waals surface area contributed by atoms with Gasteiger partial charge in [-0.2, -0.15) is 14.6 Å². The summed E-state index contributed by atoms with van der Waals surface area (Å²) in [6.07, 6.45) is 3.96. The van der Waals surface area contributed by atoms with Crippen molar-refractivity contribution in [3.05, 3.63) is 41.3 Å². The van der Waals surface area contributed by atoms with Crippen LogP contribution in [-0.2, 0) is 6.61 Å². The van der Waals surface area contributed by atoms with E-state index < -0.39 is 5.82 Å². The Morgan fingerprint density at radius 1 is 1.26 bits per heavy atom. The van der Waals surface area contributed by atoms with Crippen LogP contribution < -0.4 is 0 Å². The van der Waals surface area contributed by atoms with Crippen LogP contribution in [0, 0.1) is 5.82 Å². The molecule has 0 saturated heterocycles. The number of hydrogen-bond donors (Lipinski definition) is 1. The van der Waals surface area contributed by atoms with E-state index in [0.29, 0.717) is 16.8 Å². The van der Waals surface area contributed by atoms with E-state index in [1.807, 2.05) is 0 Å². The number of halogens is 2. The Balaban J connectivity index is 2.25. The molecular formula is C11H7ClFN5O. The lowest BCUT2D eigenvalue weighted by molar-refractivity contribution is 0.283. The highest BCUT2D eigenvalue weighted by molar-refractivity contribution is 6.28. The van der Waals surface area contributed by atoms with Crippen molar-refractivity contribution in [2.45, 2.75) is 6.61 Å². The molecule has 3 heterocycles. The van der Waals surface area contributed by atoms with Crippen molar-refractivity contribution in [1.29, 1.82) is 0 Å². The average molecular weight is 280 g/mol. The second-order valence-corrected chi connectivity index (χ2v) is 4.11. The third-order valence-electron chi connectivity index (χ3n) is 2.54. The van der Waals surface area contributed by atoms with E-state index in [1.165, 1.54) is 23.0 Å². The topological polar surface area (TPSA) is 76.2 Å². The molecule has 0 atom stereocenters. The molecule has 0 aromatic carbocycles. The number of pyridine rings is 1. The van der Waals surface area contributed by atoms with Gasteiger partial charge in [0, 0.05) is 17.3 Å². The summed E-state index contributed by atoms with van der Waals surface area (Å²) in [5.41, 5.74) is 1.28. The van der Waals surface area contributed by atoms with Crippen molar-refractivity contribution in [1.82, 2.24) is 24.6 Å². The Morgan fingerprint density at radius 2 is 2.11 bits per heavy atom. The number of hydrogen-bond acceptors (Lipinski definition) is 5. The second-order valence-electron chi connectivity index (χ2n) is 3.77. The molecule has 1 N–H and O–H groups in total. The van der Waals surface area contributed by atoms with Crippen LogP contribution in [0.5, 0.6) is 0 Å². The molecular weight excluding hydrogens is 273 g/mol. The monoisotopic (exact) mass is 279 g/mol. The maximum atomic E-state index is 13.1. The van der Waals surface area contributed by atoms with Crippen molar-refractivity contribution in [3.8, 4) is 11.4 Å². The van der Waals surface area contributed by atoms with Crippen molar-refractivity contribution >= 4 is 17.2 Å². The first kappa shape index (κ1) is 11.9. The van der Waals surface area contributed by atoms with Gasteiger partial charge in [-0.05, 0) is 17.7 Å². The molecule has 0 unspecified atom stereocenters. The first-order valence-corrected chi connectivity index (χ1v) is 5.69. The van der Waals surface area contributed by atoms with E-state index >= 15 is 0 Å². The predicted octanol–water partition coefficient (Wildman–Crippen LogP) is 1.47. The smallest absolute Gasteiger partial charge is 0.227 e. The molecule has 3 aromatic rings. The van der Waals surface area contributed by atoms with Crippen molar-refractivity contribution in [2.75, 3.05) is 0 Å². The Kier molecular flexibility index (Phi) is 2.84. The summed E-state index contributed by atoms with van der Waals surface area (Å²) in [4.78, 5) is 12.0. The van der Waals surface area contributed by atoms with Crippen LogP contribution in [0.2, 0.25) is 5.28 Å². The lowest BCUT2D eigenvalue weighted by Crippen LogP contribution is -2.00.